The van der Waals surface area contributed by atoms with Gasteiger partial charge in [-0.05, 0) is 10.7 Å². The Balaban J connectivity index is 2.16. The molecule has 2 rings (SSSR count). The number of hydrogen-bond donors (Lipinski definition) is 0. The molecule has 2 aromatic rings. The van der Waals surface area contributed by atoms with Crippen LogP contribution in [0.15, 0.2) is 34.9 Å². The van der Waals surface area contributed by atoms with Gasteiger partial charge in [-0.1, -0.05) is 37.3 Å². The van der Waals surface area contributed by atoms with Crippen LogP contribution < -0.4 is 4.74 Å². The molecule has 5 heteroatoms. The van der Waals surface area contributed by atoms with E-state index in [4.69, 9.17) is 14.0 Å². The van der Waals surface area contributed by atoms with Gasteiger partial charge in [0.25, 0.3) is 5.88 Å². The van der Waals surface area contributed by atoms with Crippen LogP contribution in [0.1, 0.15) is 28.6 Å². The molecule has 0 unspecified atom stereocenters. The van der Waals surface area contributed by atoms with Gasteiger partial charge in [0.1, 0.15) is 6.61 Å². The average Bonchev–Trinajstić information content (AvgIpc) is 2.88. The van der Waals surface area contributed by atoms with Gasteiger partial charge in [-0.25, -0.2) is 4.79 Å². The fourth-order valence-corrected chi connectivity index (χ4v) is 1.68. The van der Waals surface area contributed by atoms with Crippen LogP contribution in [0.25, 0.3) is 0 Å². The summed E-state index contributed by atoms with van der Waals surface area (Å²) in [5.41, 5.74) is 1.25. The zero-order chi connectivity index (χ0) is 13.7. The summed E-state index contributed by atoms with van der Waals surface area (Å²) in [5.74, 6) is 0.142. The second-order valence-electron chi connectivity index (χ2n) is 3.91. The highest BCUT2D eigenvalue weighted by molar-refractivity contribution is 5.92. The Labute approximate surface area is 111 Å². The van der Waals surface area contributed by atoms with Gasteiger partial charge in [-0.3, -0.25) is 0 Å². The topological polar surface area (TPSA) is 61.6 Å². The Hall–Kier alpha value is -2.30. The molecule has 0 amide bonds. The molecule has 1 aromatic carbocycles. The Morgan fingerprint density at radius 3 is 2.68 bits per heavy atom. The summed E-state index contributed by atoms with van der Waals surface area (Å²) in [6, 6.07) is 9.62. The number of hydrogen-bond acceptors (Lipinski definition) is 5. The van der Waals surface area contributed by atoms with Crippen molar-refractivity contribution < 1.29 is 18.8 Å². The van der Waals surface area contributed by atoms with Gasteiger partial charge in [0, 0.05) is 6.42 Å². The van der Waals surface area contributed by atoms with Gasteiger partial charge in [0.05, 0.1) is 7.11 Å². The molecule has 5 nitrogen and oxygen atoms in total. The minimum absolute atomic E-state index is 0.174. The lowest BCUT2D eigenvalue weighted by Gasteiger charge is -2.04. The van der Waals surface area contributed by atoms with E-state index in [1.165, 1.54) is 7.11 Å². The van der Waals surface area contributed by atoms with Crippen LogP contribution in [0.4, 0.5) is 0 Å². The number of benzene rings is 1. The molecule has 0 aliphatic heterocycles. The standard InChI is InChI=1S/C14H15NO4/c1-3-11-12(14(16)17-2)13(15-19-11)18-9-10-7-5-4-6-8-10/h4-8H,3,9H2,1-2H3. The van der Waals surface area contributed by atoms with Gasteiger partial charge in [0.2, 0.25) is 0 Å². The average molecular weight is 261 g/mol. The van der Waals surface area contributed by atoms with E-state index in [0.717, 1.165) is 5.56 Å². The van der Waals surface area contributed by atoms with Crippen molar-refractivity contribution in [3.05, 3.63) is 47.2 Å². The van der Waals surface area contributed by atoms with Crippen molar-refractivity contribution in [3.8, 4) is 5.88 Å². The molecule has 0 spiro atoms. The molecule has 0 N–H and O–H groups in total. The van der Waals surface area contributed by atoms with Crippen molar-refractivity contribution >= 4 is 5.97 Å². The van der Waals surface area contributed by atoms with Crippen LogP contribution in [-0.4, -0.2) is 18.2 Å². The van der Waals surface area contributed by atoms with Gasteiger partial charge in [-0.15, -0.1) is 0 Å². The molecule has 100 valence electrons. The molecular weight excluding hydrogens is 246 g/mol. The number of rotatable bonds is 5. The van der Waals surface area contributed by atoms with Crippen molar-refractivity contribution in [1.29, 1.82) is 0 Å². The third-order valence-corrected chi connectivity index (χ3v) is 2.66. The summed E-state index contributed by atoms with van der Waals surface area (Å²) in [4.78, 5) is 11.7. The van der Waals surface area contributed by atoms with Crippen LogP contribution in [0.5, 0.6) is 5.88 Å². The maximum Gasteiger partial charge on any atom is 0.347 e. The fraction of sp³-hybridized carbons (Fsp3) is 0.286. The first-order valence-corrected chi connectivity index (χ1v) is 5.99. The summed E-state index contributed by atoms with van der Waals surface area (Å²) in [6.07, 6.45) is 0.548. The number of aryl methyl sites for hydroxylation is 1. The number of ether oxygens (including phenoxy) is 2. The zero-order valence-corrected chi connectivity index (χ0v) is 10.9. The second-order valence-corrected chi connectivity index (χ2v) is 3.91. The van der Waals surface area contributed by atoms with E-state index in [-0.39, 0.29) is 11.4 Å². The van der Waals surface area contributed by atoms with E-state index < -0.39 is 5.97 Å². The molecule has 0 radical (unpaired) electrons. The van der Waals surface area contributed by atoms with Gasteiger partial charge in [-0.2, -0.15) is 0 Å². The minimum atomic E-state index is -0.499. The van der Waals surface area contributed by atoms with Crippen molar-refractivity contribution in [3.63, 3.8) is 0 Å². The van der Waals surface area contributed by atoms with Crippen LogP contribution in [0.3, 0.4) is 0 Å². The Morgan fingerprint density at radius 2 is 2.05 bits per heavy atom. The highest BCUT2D eigenvalue weighted by atomic mass is 16.6. The SMILES string of the molecule is CCc1onc(OCc2ccccc2)c1C(=O)OC. The highest BCUT2D eigenvalue weighted by Crippen LogP contribution is 2.23. The first-order valence-electron chi connectivity index (χ1n) is 5.99. The van der Waals surface area contributed by atoms with Crippen molar-refractivity contribution in [2.24, 2.45) is 0 Å². The molecule has 0 aliphatic carbocycles. The molecule has 0 aliphatic rings. The molecule has 1 heterocycles. The minimum Gasteiger partial charge on any atom is -0.470 e. The number of carbonyl (C=O) groups excluding carboxylic acids is 1. The predicted octanol–water partition coefficient (Wildman–Crippen LogP) is 2.60. The normalized spacial score (nSPS) is 10.2. The summed E-state index contributed by atoms with van der Waals surface area (Å²) in [5, 5.41) is 3.77. The number of carbonyl (C=O) groups is 1. The van der Waals surface area contributed by atoms with Gasteiger partial charge >= 0.3 is 5.97 Å². The van der Waals surface area contributed by atoms with E-state index in [2.05, 4.69) is 5.16 Å². The molecule has 0 fully saturated rings. The maximum atomic E-state index is 11.7. The van der Waals surface area contributed by atoms with E-state index in [9.17, 15) is 4.79 Å². The summed E-state index contributed by atoms with van der Waals surface area (Å²) >= 11 is 0. The molecule has 0 saturated heterocycles. The smallest absolute Gasteiger partial charge is 0.347 e. The van der Waals surface area contributed by atoms with Crippen molar-refractivity contribution in [2.75, 3.05) is 7.11 Å². The molecule has 1 aromatic heterocycles. The largest absolute Gasteiger partial charge is 0.470 e. The van der Waals surface area contributed by atoms with Crippen LogP contribution in [-0.2, 0) is 17.8 Å². The lowest BCUT2D eigenvalue weighted by molar-refractivity contribution is 0.0593. The number of methoxy groups -OCH3 is 1. The first kappa shape index (κ1) is 13.1. The monoisotopic (exact) mass is 261 g/mol. The first-order chi connectivity index (χ1) is 9.26. The number of esters is 1. The summed E-state index contributed by atoms with van der Waals surface area (Å²) in [6.45, 7) is 2.19. The Morgan fingerprint density at radius 1 is 1.32 bits per heavy atom. The summed E-state index contributed by atoms with van der Waals surface area (Å²) < 4.78 is 15.3. The number of aromatic nitrogens is 1. The number of nitrogens with zero attached hydrogens (tertiary/aromatic N) is 1. The quantitative estimate of drug-likeness (QED) is 0.774. The van der Waals surface area contributed by atoms with E-state index in [0.29, 0.717) is 18.8 Å². The van der Waals surface area contributed by atoms with Gasteiger partial charge in [0.15, 0.2) is 11.3 Å². The van der Waals surface area contributed by atoms with Crippen molar-refractivity contribution in [2.45, 2.75) is 20.0 Å². The van der Waals surface area contributed by atoms with Crippen LogP contribution >= 0.6 is 0 Å². The lowest BCUT2D eigenvalue weighted by Crippen LogP contribution is -2.06. The fourth-order valence-electron chi connectivity index (χ4n) is 1.68. The molecule has 0 saturated carbocycles. The zero-order valence-electron chi connectivity index (χ0n) is 10.9. The maximum absolute atomic E-state index is 11.7. The van der Waals surface area contributed by atoms with Crippen LogP contribution in [0.2, 0.25) is 0 Å². The van der Waals surface area contributed by atoms with E-state index in [1.54, 1.807) is 0 Å². The third-order valence-electron chi connectivity index (χ3n) is 2.66. The van der Waals surface area contributed by atoms with E-state index in [1.807, 2.05) is 37.3 Å². The van der Waals surface area contributed by atoms with Crippen molar-refractivity contribution in [1.82, 2.24) is 5.16 Å². The van der Waals surface area contributed by atoms with Crippen LogP contribution in [0, 0.1) is 0 Å². The lowest BCUT2D eigenvalue weighted by atomic mass is 10.2. The second kappa shape index (κ2) is 6.04. The van der Waals surface area contributed by atoms with Gasteiger partial charge < -0.3 is 14.0 Å². The summed E-state index contributed by atoms with van der Waals surface area (Å²) in [7, 11) is 1.32. The third kappa shape index (κ3) is 2.93. The Kier molecular flexibility index (Phi) is 4.18. The molecule has 0 bridgehead atoms. The Bertz CT molecular complexity index is 548. The molecule has 19 heavy (non-hydrogen) atoms. The predicted molar refractivity (Wildman–Crippen MR) is 68.0 cm³/mol. The highest BCUT2D eigenvalue weighted by Gasteiger charge is 2.24. The molecular formula is C14H15NO4. The van der Waals surface area contributed by atoms with E-state index >= 15 is 0 Å². The molecule has 0 atom stereocenters.